The van der Waals surface area contributed by atoms with Crippen molar-refractivity contribution in [1.82, 2.24) is 9.69 Å². The van der Waals surface area contributed by atoms with Gasteiger partial charge in [0.2, 0.25) is 0 Å². The molecule has 0 aliphatic carbocycles. The number of carbonyl (C=O) groups is 1. The molecular formula is C17H21ClN2OS. The first-order valence-corrected chi connectivity index (χ1v) is 8.37. The Balaban J connectivity index is 0.00000176. The summed E-state index contributed by atoms with van der Waals surface area (Å²) < 4.78 is 4.59. The van der Waals surface area contributed by atoms with Crippen LogP contribution in [0.3, 0.4) is 0 Å². The van der Waals surface area contributed by atoms with Gasteiger partial charge in [-0.2, -0.15) is 4.37 Å². The summed E-state index contributed by atoms with van der Waals surface area (Å²) in [6.07, 6.45) is 3.87. The minimum absolute atomic E-state index is 0. The molecule has 1 aromatic carbocycles. The van der Waals surface area contributed by atoms with E-state index in [9.17, 15) is 4.79 Å². The average Bonchev–Trinajstić information content (AvgIpc) is 3.17. The molecule has 1 saturated heterocycles. The topological polar surface area (TPSA) is 42.0 Å². The van der Waals surface area contributed by atoms with E-state index in [0.717, 1.165) is 34.7 Å². The molecule has 118 valence electrons. The van der Waals surface area contributed by atoms with Gasteiger partial charge in [0.15, 0.2) is 5.78 Å². The van der Waals surface area contributed by atoms with Crippen LogP contribution in [-0.2, 0) is 6.42 Å². The molecular weight excluding hydrogens is 316 g/mol. The fourth-order valence-electron chi connectivity index (χ4n) is 2.88. The van der Waals surface area contributed by atoms with Crippen LogP contribution < -0.4 is 5.32 Å². The van der Waals surface area contributed by atoms with Gasteiger partial charge >= 0.3 is 0 Å². The van der Waals surface area contributed by atoms with Crippen LogP contribution >= 0.6 is 23.9 Å². The third kappa shape index (κ3) is 3.57. The minimum atomic E-state index is 0. The number of nitrogens with zero attached hydrogens (tertiary/aromatic N) is 1. The molecule has 0 saturated carbocycles. The number of hydrogen-bond donors (Lipinski definition) is 1. The molecule has 2 heterocycles. The van der Waals surface area contributed by atoms with Gasteiger partial charge < -0.3 is 5.32 Å². The second kappa shape index (κ2) is 7.86. The van der Waals surface area contributed by atoms with E-state index in [4.69, 9.17) is 0 Å². The lowest BCUT2D eigenvalue weighted by Gasteiger charge is -2.10. The monoisotopic (exact) mass is 336 g/mol. The van der Waals surface area contributed by atoms with Crippen molar-refractivity contribution in [3.05, 3.63) is 40.8 Å². The van der Waals surface area contributed by atoms with Crippen LogP contribution in [0.15, 0.2) is 30.3 Å². The molecule has 1 fully saturated rings. The van der Waals surface area contributed by atoms with E-state index in [1.54, 1.807) is 0 Å². The maximum absolute atomic E-state index is 12.4. The van der Waals surface area contributed by atoms with E-state index in [2.05, 4.69) is 9.69 Å². The van der Waals surface area contributed by atoms with E-state index in [1.807, 2.05) is 37.3 Å². The van der Waals surface area contributed by atoms with Crippen LogP contribution in [0.1, 0.15) is 41.4 Å². The summed E-state index contributed by atoms with van der Waals surface area (Å²) in [7, 11) is 0. The third-order valence-corrected chi connectivity index (χ3v) is 4.87. The van der Waals surface area contributed by atoms with Crippen LogP contribution in [0.4, 0.5) is 0 Å². The summed E-state index contributed by atoms with van der Waals surface area (Å²) >= 11 is 1.49. The van der Waals surface area contributed by atoms with Crippen molar-refractivity contribution in [3.8, 4) is 11.3 Å². The van der Waals surface area contributed by atoms with Crippen LogP contribution in [0.25, 0.3) is 11.3 Å². The summed E-state index contributed by atoms with van der Waals surface area (Å²) in [4.78, 5) is 13.5. The van der Waals surface area contributed by atoms with E-state index in [0.29, 0.717) is 12.5 Å². The first kappa shape index (κ1) is 17.1. The average molecular weight is 337 g/mol. The summed E-state index contributed by atoms with van der Waals surface area (Å²) in [6, 6.07) is 10.5. The second-order valence-electron chi connectivity index (χ2n) is 5.47. The number of hydrogen-bond acceptors (Lipinski definition) is 4. The van der Waals surface area contributed by atoms with E-state index >= 15 is 0 Å². The number of halogens is 1. The number of nitrogens with one attached hydrogen (secondary N) is 1. The third-order valence-electron chi connectivity index (χ3n) is 4.00. The Kier molecular flexibility index (Phi) is 6.12. The summed E-state index contributed by atoms with van der Waals surface area (Å²) in [5.74, 6) is 0.204. The quantitative estimate of drug-likeness (QED) is 0.835. The predicted octanol–water partition coefficient (Wildman–Crippen LogP) is 4.12. The standard InChI is InChI=1S/C17H20N2OS.ClH/c1-2-14(20)16-15(11-13-9-6-10-18-13)21-19-17(16)12-7-4-3-5-8-12;/h3-5,7-8,13,18H,2,6,9-11H2,1H3;1H. The molecule has 0 amide bonds. The molecule has 1 aliphatic heterocycles. The largest absolute Gasteiger partial charge is 0.314 e. The van der Waals surface area contributed by atoms with Gasteiger partial charge in [0.1, 0.15) is 0 Å². The van der Waals surface area contributed by atoms with E-state index in [1.165, 1.54) is 24.4 Å². The Hall–Kier alpha value is -1.23. The van der Waals surface area contributed by atoms with Gasteiger partial charge in [-0.1, -0.05) is 37.3 Å². The molecule has 2 aromatic rings. The van der Waals surface area contributed by atoms with Crippen molar-refractivity contribution < 1.29 is 4.79 Å². The number of aromatic nitrogens is 1. The Labute approximate surface area is 141 Å². The van der Waals surface area contributed by atoms with Crippen molar-refractivity contribution in [2.24, 2.45) is 0 Å². The Morgan fingerprint density at radius 1 is 1.36 bits per heavy atom. The van der Waals surface area contributed by atoms with E-state index in [-0.39, 0.29) is 18.2 Å². The van der Waals surface area contributed by atoms with Gasteiger partial charge in [0.05, 0.1) is 11.3 Å². The normalized spacial score (nSPS) is 17.2. The number of Topliss-reactive ketones (excluding diaryl/α,β-unsaturated/α-hetero) is 1. The SMILES string of the molecule is CCC(=O)c1c(-c2ccccc2)nsc1CC1CCCN1.Cl. The van der Waals surface area contributed by atoms with Crippen molar-refractivity contribution in [2.45, 2.75) is 38.6 Å². The van der Waals surface area contributed by atoms with Crippen molar-refractivity contribution in [2.75, 3.05) is 6.54 Å². The molecule has 3 rings (SSSR count). The molecule has 22 heavy (non-hydrogen) atoms. The number of benzene rings is 1. The van der Waals surface area contributed by atoms with Crippen LogP contribution in [-0.4, -0.2) is 22.7 Å². The molecule has 0 spiro atoms. The molecule has 3 nitrogen and oxygen atoms in total. The summed E-state index contributed by atoms with van der Waals surface area (Å²) in [5, 5.41) is 3.51. The highest BCUT2D eigenvalue weighted by molar-refractivity contribution is 7.06. The fraction of sp³-hybridized carbons (Fsp3) is 0.412. The summed E-state index contributed by atoms with van der Waals surface area (Å²) in [5.41, 5.74) is 2.75. The van der Waals surface area contributed by atoms with Crippen molar-refractivity contribution in [3.63, 3.8) is 0 Å². The van der Waals surface area contributed by atoms with Gasteiger partial charge in [-0.05, 0) is 37.3 Å². The van der Waals surface area contributed by atoms with Gasteiger partial charge in [-0.15, -0.1) is 12.4 Å². The second-order valence-corrected chi connectivity index (χ2v) is 6.33. The smallest absolute Gasteiger partial charge is 0.165 e. The highest BCUT2D eigenvalue weighted by Gasteiger charge is 2.24. The zero-order chi connectivity index (χ0) is 14.7. The lowest BCUT2D eigenvalue weighted by molar-refractivity contribution is 0.0988. The van der Waals surface area contributed by atoms with Gasteiger partial charge in [-0.25, -0.2) is 0 Å². The van der Waals surface area contributed by atoms with Crippen LogP contribution in [0.5, 0.6) is 0 Å². The summed E-state index contributed by atoms with van der Waals surface area (Å²) in [6.45, 7) is 3.01. The number of ketones is 1. The highest BCUT2D eigenvalue weighted by Crippen LogP contribution is 2.31. The molecule has 1 N–H and O–H groups in total. The minimum Gasteiger partial charge on any atom is -0.314 e. The van der Waals surface area contributed by atoms with Crippen molar-refractivity contribution in [1.29, 1.82) is 0 Å². The van der Waals surface area contributed by atoms with Crippen LogP contribution in [0.2, 0.25) is 0 Å². The molecule has 1 unspecified atom stereocenters. The Bertz CT molecular complexity index is 621. The van der Waals surface area contributed by atoms with Crippen molar-refractivity contribution >= 4 is 29.7 Å². The lowest BCUT2D eigenvalue weighted by Crippen LogP contribution is -2.24. The molecule has 0 radical (unpaired) electrons. The molecule has 5 heteroatoms. The molecule has 1 aromatic heterocycles. The first-order valence-electron chi connectivity index (χ1n) is 7.60. The number of carbonyl (C=O) groups excluding carboxylic acids is 1. The molecule has 0 bridgehead atoms. The first-order chi connectivity index (χ1) is 10.3. The lowest BCUT2D eigenvalue weighted by atomic mass is 9.98. The Morgan fingerprint density at radius 3 is 2.77 bits per heavy atom. The Morgan fingerprint density at radius 2 is 2.14 bits per heavy atom. The molecule has 1 aliphatic rings. The fourth-order valence-corrected chi connectivity index (χ4v) is 3.85. The van der Waals surface area contributed by atoms with Gasteiger partial charge in [0.25, 0.3) is 0 Å². The van der Waals surface area contributed by atoms with E-state index < -0.39 is 0 Å². The van der Waals surface area contributed by atoms with Gasteiger partial charge in [0, 0.05) is 22.9 Å². The highest BCUT2D eigenvalue weighted by atomic mass is 35.5. The predicted molar refractivity (Wildman–Crippen MR) is 94.1 cm³/mol. The zero-order valence-electron chi connectivity index (χ0n) is 12.7. The van der Waals surface area contributed by atoms with Crippen LogP contribution in [0, 0.1) is 0 Å². The molecule has 1 atom stereocenters. The maximum Gasteiger partial charge on any atom is 0.165 e. The zero-order valence-corrected chi connectivity index (χ0v) is 14.3. The number of rotatable bonds is 5. The van der Waals surface area contributed by atoms with Gasteiger partial charge in [-0.3, -0.25) is 4.79 Å². The maximum atomic E-state index is 12.4.